The van der Waals surface area contributed by atoms with E-state index in [4.69, 9.17) is 0 Å². The zero-order valence-corrected chi connectivity index (χ0v) is 11.9. The van der Waals surface area contributed by atoms with Crippen LogP contribution in [0.4, 0.5) is 5.82 Å². The van der Waals surface area contributed by atoms with E-state index in [1.54, 1.807) is 23.6 Å². The molecule has 1 N–H and O–H groups in total. The zero-order valence-electron chi connectivity index (χ0n) is 9.45. The van der Waals surface area contributed by atoms with Gasteiger partial charge < -0.3 is 5.32 Å². The molecule has 0 radical (unpaired) electrons. The van der Waals surface area contributed by atoms with Gasteiger partial charge in [-0.15, -0.1) is 11.3 Å². The smallest absolute Gasteiger partial charge is 0.257 e. The first-order valence-corrected chi connectivity index (χ1v) is 6.67. The fourth-order valence-electron chi connectivity index (χ4n) is 1.49. The molecule has 0 aliphatic heterocycles. The predicted octanol–water partition coefficient (Wildman–Crippen LogP) is 3.77. The van der Waals surface area contributed by atoms with Crippen molar-refractivity contribution in [2.45, 2.75) is 13.8 Å². The van der Waals surface area contributed by atoms with Gasteiger partial charge in [-0.05, 0) is 48.0 Å². The molecule has 0 aliphatic carbocycles. The molecule has 2 aromatic rings. The summed E-state index contributed by atoms with van der Waals surface area (Å²) in [5.74, 6) is 0.447. The lowest BCUT2D eigenvalue weighted by molar-refractivity contribution is 0.102. The molecular formula is C12H11BrN2OS. The van der Waals surface area contributed by atoms with Gasteiger partial charge in [0.05, 0.1) is 5.56 Å². The van der Waals surface area contributed by atoms with Gasteiger partial charge in [-0.3, -0.25) is 4.79 Å². The van der Waals surface area contributed by atoms with E-state index in [1.807, 2.05) is 26.0 Å². The number of nitrogens with zero attached hydrogens (tertiary/aromatic N) is 1. The van der Waals surface area contributed by atoms with Gasteiger partial charge in [0.15, 0.2) is 0 Å². The standard InChI is InChI=1S/C12H11BrN2OS/c1-7-5-10(8(2)17-7)12(16)15-11-4-3-9(13)6-14-11/h3-6H,1-2H3,(H,14,15,16). The third kappa shape index (κ3) is 2.92. The number of aryl methyl sites for hydroxylation is 2. The Morgan fingerprint density at radius 2 is 2.18 bits per heavy atom. The minimum absolute atomic E-state index is 0.110. The first-order valence-electron chi connectivity index (χ1n) is 5.06. The molecule has 0 saturated heterocycles. The third-order valence-corrected chi connectivity index (χ3v) is 3.69. The van der Waals surface area contributed by atoms with Crippen molar-refractivity contribution in [1.29, 1.82) is 0 Å². The summed E-state index contributed by atoms with van der Waals surface area (Å²) in [6, 6.07) is 5.50. The highest BCUT2D eigenvalue weighted by Gasteiger charge is 2.12. The van der Waals surface area contributed by atoms with E-state index in [-0.39, 0.29) is 5.91 Å². The van der Waals surface area contributed by atoms with Gasteiger partial charge in [-0.2, -0.15) is 0 Å². The number of hydrogen-bond donors (Lipinski definition) is 1. The maximum Gasteiger partial charge on any atom is 0.257 e. The highest BCUT2D eigenvalue weighted by molar-refractivity contribution is 9.10. The van der Waals surface area contributed by atoms with E-state index in [1.165, 1.54) is 0 Å². The molecule has 0 atom stereocenters. The molecule has 0 unspecified atom stereocenters. The summed E-state index contributed by atoms with van der Waals surface area (Å²) in [7, 11) is 0. The number of anilines is 1. The number of hydrogen-bond acceptors (Lipinski definition) is 3. The van der Waals surface area contributed by atoms with Crippen molar-refractivity contribution in [2.75, 3.05) is 5.32 Å². The van der Waals surface area contributed by atoms with Crippen LogP contribution in [-0.2, 0) is 0 Å². The summed E-state index contributed by atoms with van der Waals surface area (Å²) in [5, 5.41) is 2.78. The van der Waals surface area contributed by atoms with Crippen LogP contribution < -0.4 is 5.32 Å². The maximum atomic E-state index is 12.0. The van der Waals surface area contributed by atoms with Crippen LogP contribution in [0, 0.1) is 13.8 Å². The number of thiophene rings is 1. The topological polar surface area (TPSA) is 42.0 Å². The van der Waals surface area contributed by atoms with Gasteiger partial charge in [0.2, 0.25) is 0 Å². The average molecular weight is 311 g/mol. The van der Waals surface area contributed by atoms with Crippen LogP contribution in [0.5, 0.6) is 0 Å². The molecule has 2 aromatic heterocycles. The number of amides is 1. The van der Waals surface area contributed by atoms with E-state index in [9.17, 15) is 4.79 Å². The molecule has 2 heterocycles. The summed E-state index contributed by atoms with van der Waals surface area (Å²) in [6.45, 7) is 3.94. The SMILES string of the molecule is Cc1cc(C(=O)Nc2ccc(Br)cn2)c(C)s1. The summed E-state index contributed by atoms with van der Waals surface area (Å²) >= 11 is 4.92. The minimum Gasteiger partial charge on any atom is -0.307 e. The second kappa shape index (κ2) is 4.98. The number of nitrogens with one attached hydrogen (secondary N) is 1. The minimum atomic E-state index is -0.110. The van der Waals surface area contributed by atoms with Crippen LogP contribution in [0.2, 0.25) is 0 Å². The van der Waals surface area contributed by atoms with Gasteiger partial charge in [0.1, 0.15) is 5.82 Å². The Labute approximate surface area is 112 Å². The van der Waals surface area contributed by atoms with Gasteiger partial charge >= 0.3 is 0 Å². The van der Waals surface area contributed by atoms with Crippen LogP contribution in [0.1, 0.15) is 20.1 Å². The number of halogens is 1. The van der Waals surface area contributed by atoms with Crippen molar-refractivity contribution in [3.8, 4) is 0 Å². The lowest BCUT2D eigenvalue weighted by Gasteiger charge is -2.03. The monoisotopic (exact) mass is 310 g/mol. The van der Waals surface area contributed by atoms with Gasteiger partial charge in [-0.25, -0.2) is 4.98 Å². The first-order chi connectivity index (χ1) is 8.06. The summed E-state index contributed by atoms with van der Waals surface area (Å²) in [4.78, 5) is 18.2. The zero-order chi connectivity index (χ0) is 12.4. The summed E-state index contributed by atoms with van der Waals surface area (Å²) in [6.07, 6.45) is 1.65. The Hall–Kier alpha value is -1.20. The van der Waals surface area contributed by atoms with E-state index < -0.39 is 0 Å². The molecule has 1 amide bonds. The fourth-order valence-corrected chi connectivity index (χ4v) is 2.65. The van der Waals surface area contributed by atoms with Gasteiger partial charge in [0, 0.05) is 20.4 Å². The lowest BCUT2D eigenvalue weighted by Crippen LogP contribution is -2.12. The largest absolute Gasteiger partial charge is 0.307 e. The second-order valence-electron chi connectivity index (χ2n) is 3.64. The normalized spacial score (nSPS) is 10.3. The van der Waals surface area contributed by atoms with Crippen LogP contribution in [0.3, 0.4) is 0 Å². The quantitative estimate of drug-likeness (QED) is 0.917. The van der Waals surface area contributed by atoms with Crippen molar-refractivity contribution < 1.29 is 4.79 Å². The summed E-state index contributed by atoms with van der Waals surface area (Å²) in [5.41, 5.74) is 0.720. The molecule has 0 fully saturated rings. The van der Waals surface area contributed by atoms with Crippen molar-refractivity contribution >= 4 is 39.0 Å². The van der Waals surface area contributed by atoms with Crippen molar-refractivity contribution in [3.63, 3.8) is 0 Å². The Morgan fingerprint density at radius 1 is 1.41 bits per heavy atom. The highest BCUT2D eigenvalue weighted by atomic mass is 79.9. The molecule has 2 rings (SSSR count). The predicted molar refractivity (Wildman–Crippen MR) is 73.7 cm³/mol. The highest BCUT2D eigenvalue weighted by Crippen LogP contribution is 2.21. The number of carbonyl (C=O) groups is 1. The van der Waals surface area contributed by atoms with E-state index in [0.717, 1.165) is 19.8 Å². The van der Waals surface area contributed by atoms with Gasteiger partial charge in [-0.1, -0.05) is 0 Å². The number of carbonyl (C=O) groups excluding carboxylic acids is 1. The molecular weight excluding hydrogens is 300 g/mol. The molecule has 5 heteroatoms. The van der Waals surface area contributed by atoms with E-state index in [0.29, 0.717) is 5.82 Å². The van der Waals surface area contributed by atoms with Crippen LogP contribution in [0.15, 0.2) is 28.9 Å². The summed E-state index contributed by atoms with van der Waals surface area (Å²) < 4.78 is 0.887. The van der Waals surface area contributed by atoms with Crippen LogP contribution in [-0.4, -0.2) is 10.9 Å². The van der Waals surface area contributed by atoms with Crippen LogP contribution >= 0.6 is 27.3 Å². The Kier molecular flexibility index (Phi) is 3.59. The third-order valence-electron chi connectivity index (χ3n) is 2.25. The maximum absolute atomic E-state index is 12.0. The molecule has 0 saturated carbocycles. The fraction of sp³-hybridized carbons (Fsp3) is 0.167. The van der Waals surface area contributed by atoms with Crippen molar-refractivity contribution in [2.24, 2.45) is 0 Å². The molecule has 0 aromatic carbocycles. The number of rotatable bonds is 2. The van der Waals surface area contributed by atoms with Crippen LogP contribution in [0.25, 0.3) is 0 Å². The molecule has 88 valence electrons. The van der Waals surface area contributed by atoms with Crippen molar-refractivity contribution in [3.05, 3.63) is 44.2 Å². The first kappa shape index (κ1) is 12.3. The average Bonchev–Trinajstić information content (AvgIpc) is 2.61. The van der Waals surface area contributed by atoms with E-state index in [2.05, 4.69) is 26.2 Å². The second-order valence-corrected chi connectivity index (χ2v) is 6.02. The Bertz CT molecular complexity index is 548. The molecule has 17 heavy (non-hydrogen) atoms. The molecule has 0 bridgehead atoms. The number of aromatic nitrogens is 1. The number of pyridine rings is 1. The van der Waals surface area contributed by atoms with E-state index >= 15 is 0 Å². The Morgan fingerprint density at radius 3 is 2.71 bits per heavy atom. The molecule has 0 spiro atoms. The van der Waals surface area contributed by atoms with Crippen molar-refractivity contribution in [1.82, 2.24) is 4.98 Å². The lowest BCUT2D eigenvalue weighted by atomic mass is 10.2. The van der Waals surface area contributed by atoms with Gasteiger partial charge in [0.25, 0.3) is 5.91 Å². The molecule has 0 aliphatic rings. The Balaban J connectivity index is 2.17. The molecule has 3 nitrogen and oxygen atoms in total.